The molecule has 1 amide bonds. The summed E-state index contributed by atoms with van der Waals surface area (Å²) in [5.74, 6) is -0.516. The third-order valence-electron chi connectivity index (χ3n) is 6.87. The molecule has 0 saturated carbocycles. The number of carbonyl (C=O) groups is 1. The van der Waals surface area contributed by atoms with Gasteiger partial charge in [-0.25, -0.2) is 9.07 Å². The van der Waals surface area contributed by atoms with E-state index in [1.165, 1.54) is 12.1 Å². The summed E-state index contributed by atoms with van der Waals surface area (Å²) in [6, 6.07) is 21.3. The Kier molecular flexibility index (Phi) is 7.96. The van der Waals surface area contributed by atoms with Gasteiger partial charge in [0.1, 0.15) is 5.82 Å². The zero-order valence-electron chi connectivity index (χ0n) is 21.1. The van der Waals surface area contributed by atoms with E-state index in [1.54, 1.807) is 28.9 Å². The molecule has 5 rings (SSSR count). The molecular formula is C31H28Cl2FN3O. The summed E-state index contributed by atoms with van der Waals surface area (Å²) < 4.78 is 15.4. The molecule has 1 atom stereocenters. The molecule has 38 heavy (non-hydrogen) atoms. The first kappa shape index (κ1) is 26.2. The van der Waals surface area contributed by atoms with Crippen molar-refractivity contribution in [2.45, 2.75) is 45.1 Å². The van der Waals surface area contributed by atoms with Crippen molar-refractivity contribution >= 4 is 40.8 Å². The summed E-state index contributed by atoms with van der Waals surface area (Å²) in [7, 11) is 0. The summed E-state index contributed by atoms with van der Waals surface area (Å²) in [6.07, 6.45) is 6.55. The van der Waals surface area contributed by atoms with Crippen molar-refractivity contribution in [1.82, 2.24) is 15.1 Å². The molecule has 3 aromatic carbocycles. The number of aromatic nitrogens is 2. The number of hydrogen-bond acceptors (Lipinski definition) is 2. The smallest absolute Gasteiger partial charge is 0.272 e. The van der Waals surface area contributed by atoms with Gasteiger partial charge in [0, 0.05) is 10.6 Å². The van der Waals surface area contributed by atoms with Crippen LogP contribution in [0.4, 0.5) is 4.39 Å². The van der Waals surface area contributed by atoms with Gasteiger partial charge in [0.15, 0.2) is 5.69 Å². The van der Waals surface area contributed by atoms with Crippen LogP contribution >= 0.6 is 23.2 Å². The summed E-state index contributed by atoms with van der Waals surface area (Å²) in [5, 5.41) is 8.95. The van der Waals surface area contributed by atoms with E-state index >= 15 is 0 Å². The summed E-state index contributed by atoms with van der Waals surface area (Å²) in [5.41, 5.74) is 5.71. The number of allylic oxidation sites excluding steroid dienone is 1. The number of nitrogens with zero attached hydrogens (tertiary/aromatic N) is 2. The number of nitrogens with one attached hydrogen (secondary N) is 1. The molecule has 0 spiro atoms. The highest BCUT2D eigenvalue weighted by atomic mass is 35.5. The second kappa shape index (κ2) is 11.5. The quantitative estimate of drug-likeness (QED) is 0.272. The summed E-state index contributed by atoms with van der Waals surface area (Å²) in [6.45, 7) is 1.96. The van der Waals surface area contributed by atoms with Crippen LogP contribution in [0.25, 0.3) is 17.3 Å². The Bertz CT molecular complexity index is 1480. The van der Waals surface area contributed by atoms with E-state index in [9.17, 15) is 9.18 Å². The van der Waals surface area contributed by atoms with Gasteiger partial charge < -0.3 is 5.32 Å². The number of fused-ring (bicyclic) bond motifs is 1. The SMILES string of the molecule is C[C@@H](NC(=O)c1nn(-c2ccc(Cl)cc2Cl)c2c1CCCCC/C2=C\c1ccc(F)cc1)c1ccccc1. The highest BCUT2D eigenvalue weighted by molar-refractivity contribution is 6.35. The Balaban J connectivity index is 1.66. The molecule has 4 aromatic rings. The number of rotatable bonds is 5. The Labute approximate surface area is 232 Å². The lowest BCUT2D eigenvalue weighted by atomic mass is 9.91. The van der Waals surface area contributed by atoms with Gasteiger partial charge in [-0.3, -0.25) is 4.79 Å². The minimum Gasteiger partial charge on any atom is -0.344 e. The Morgan fingerprint density at radius 1 is 1.00 bits per heavy atom. The molecular weight excluding hydrogens is 520 g/mol. The number of amides is 1. The molecule has 1 aliphatic carbocycles. The minimum atomic E-state index is -0.282. The molecule has 0 aliphatic heterocycles. The highest BCUT2D eigenvalue weighted by Crippen LogP contribution is 2.36. The minimum absolute atomic E-state index is 0.189. The fraction of sp³-hybridized carbons (Fsp3) is 0.226. The lowest BCUT2D eigenvalue weighted by Gasteiger charge is -2.18. The molecule has 7 heteroatoms. The molecule has 1 aliphatic rings. The molecule has 1 aromatic heterocycles. The largest absolute Gasteiger partial charge is 0.344 e. The molecule has 0 unspecified atom stereocenters. The van der Waals surface area contributed by atoms with E-state index in [0.29, 0.717) is 27.8 Å². The summed E-state index contributed by atoms with van der Waals surface area (Å²) >= 11 is 12.8. The normalized spacial score (nSPS) is 15.4. The first-order valence-electron chi connectivity index (χ1n) is 12.8. The fourth-order valence-electron chi connectivity index (χ4n) is 4.93. The topological polar surface area (TPSA) is 46.9 Å². The van der Waals surface area contributed by atoms with Gasteiger partial charge in [-0.1, -0.05) is 72.1 Å². The van der Waals surface area contributed by atoms with Crippen LogP contribution in [-0.2, 0) is 6.42 Å². The zero-order valence-corrected chi connectivity index (χ0v) is 22.6. The van der Waals surface area contributed by atoms with Gasteiger partial charge in [0.2, 0.25) is 0 Å². The van der Waals surface area contributed by atoms with Crippen molar-refractivity contribution in [3.05, 3.63) is 117 Å². The molecule has 1 heterocycles. The van der Waals surface area contributed by atoms with E-state index in [0.717, 1.165) is 53.6 Å². The lowest BCUT2D eigenvalue weighted by molar-refractivity contribution is 0.0933. The Hall–Kier alpha value is -3.41. The molecule has 0 radical (unpaired) electrons. The highest BCUT2D eigenvalue weighted by Gasteiger charge is 2.28. The predicted octanol–water partition coefficient (Wildman–Crippen LogP) is 8.47. The maximum absolute atomic E-state index is 13.7. The molecule has 194 valence electrons. The third kappa shape index (κ3) is 5.69. The molecule has 0 saturated heterocycles. The zero-order chi connectivity index (χ0) is 26.6. The average molecular weight is 548 g/mol. The monoisotopic (exact) mass is 547 g/mol. The van der Waals surface area contributed by atoms with Crippen LogP contribution in [0.15, 0.2) is 72.8 Å². The van der Waals surface area contributed by atoms with Gasteiger partial charge >= 0.3 is 0 Å². The van der Waals surface area contributed by atoms with E-state index in [-0.39, 0.29) is 17.8 Å². The van der Waals surface area contributed by atoms with Crippen LogP contribution in [0.2, 0.25) is 10.0 Å². The van der Waals surface area contributed by atoms with Crippen LogP contribution in [0.1, 0.15) is 71.5 Å². The fourth-order valence-corrected chi connectivity index (χ4v) is 5.42. The second-order valence-electron chi connectivity index (χ2n) is 9.57. The van der Waals surface area contributed by atoms with Gasteiger partial charge in [0.05, 0.1) is 22.4 Å². The predicted molar refractivity (Wildman–Crippen MR) is 152 cm³/mol. The van der Waals surface area contributed by atoms with Crippen molar-refractivity contribution in [3.8, 4) is 5.69 Å². The number of hydrogen-bond donors (Lipinski definition) is 1. The van der Waals surface area contributed by atoms with E-state index in [2.05, 4.69) is 11.4 Å². The van der Waals surface area contributed by atoms with E-state index < -0.39 is 0 Å². The van der Waals surface area contributed by atoms with Crippen LogP contribution in [0.3, 0.4) is 0 Å². The van der Waals surface area contributed by atoms with Crippen molar-refractivity contribution in [1.29, 1.82) is 0 Å². The Morgan fingerprint density at radius 2 is 1.74 bits per heavy atom. The van der Waals surface area contributed by atoms with Crippen LogP contribution in [-0.4, -0.2) is 15.7 Å². The first-order chi connectivity index (χ1) is 18.4. The van der Waals surface area contributed by atoms with Gasteiger partial charge in [-0.15, -0.1) is 0 Å². The lowest BCUT2D eigenvalue weighted by Crippen LogP contribution is -2.28. The average Bonchev–Trinajstić information content (AvgIpc) is 3.26. The molecule has 4 nitrogen and oxygen atoms in total. The maximum Gasteiger partial charge on any atom is 0.272 e. The number of benzene rings is 3. The standard InChI is InChI=1S/C31H28Cl2FN3O/c1-20(22-8-4-2-5-9-22)35-31(38)29-26-11-7-3-6-10-23(18-21-12-15-25(34)16-13-21)30(26)37(36-29)28-17-14-24(32)19-27(28)33/h2,4-5,8-9,12-20H,3,6-7,10-11H2,1H3,(H,35,38)/b23-18+/t20-/m1/s1. The van der Waals surface area contributed by atoms with Crippen molar-refractivity contribution < 1.29 is 9.18 Å². The molecule has 0 bridgehead atoms. The van der Waals surface area contributed by atoms with Crippen LogP contribution < -0.4 is 5.32 Å². The number of halogens is 3. The van der Waals surface area contributed by atoms with E-state index in [1.807, 2.05) is 43.3 Å². The van der Waals surface area contributed by atoms with Crippen molar-refractivity contribution in [2.24, 2.45) is 0 Å². The van der Waals surface area contributed by atoms with Gasteiger partial charge in [-0.2, -0.15) is 5.10 Å². The maximum atomic E-state index is 13.7. The van der Waals surface area contributed by atoms with Crippen LogP contribution in [0, 0.1) is 5.82 Å². The van der Waals surface area contributed by atoms with Crippen molar-refractivity contribution in [3.63, 3.8) is 0 Å². The molecule has 1 N–H and O–H groups in total. The summed E-state index contributed by atoms with van der Waals surface area (Å²) in [4.78, 5) is 13.7. The second-order valence-corrected chi connectivity index (χ2v) is 10.4. The van der Waals surface area contributed by atoms with Crippen molar-refractivity contribution in [2.75, 3.05) is 0 Å². The van der Waals surface area contributed by atoms with Crippen LogP contribution in [0.5, 0.6) is 0 Å². The third-order valence-corrected chi connectivity index (χ3v) is 7.41. The molecule has 0 fully saturated rings. The Morgan fingerprint density at radius 3 is 2.47 bits per heavy atom. The van der Waals surface area contributed by atoms with E-state index in [4.69, 9.17) is 28.3 Å². The number of carbonyl (C=O) groups excluding carboxylic acids is 1. The van der Waals surface area contributed by atoms with Gasteiger partial charge in [0.25, 0.3) is 5.91 Å². The first-order valence-corrected chi connectivity index (χ1v) is 13.6. The van der Waals surface area contributed by atoms with Gasteiger partial charge in [-0.05, 0) is 85.7 Å².